The second-order valence-electron chi connectivity index (χ2n) is 15.0. The molecular formula is C50H46O22-2. The fraction of sp³-hybridized carbons (Fsp3) is 0.200. The summed E-state index contributed by atoms with van der Waals surface area (Å²) >= 11 is 0. The molecular weight excluding hydrogens is 953 g/mol. The summed E-state index contributed by atoms with van der Waals surface area (Å²) < 4.78 is 42.3. The number of aromatic hydroxyl groups is 8. The Hall–Kier alpha value is -9.60. The van der Waals surface area contributed by atoms with E-state index in [2.05, 4.69) is 0 Å². The van der Waals surface area contributed by atoms with Gasteiger partial charge in [0.05, 0.1) is 53.8 Å². The van der Waals surface area contributed by atoms with Crippen molar-refractivity contribution in [1.29, 1.82) is 0 Å². The van der Waals surface area contributed by atoms with Crippen LogP contribution in [0.15, 0.2) is 84.9 Å². The first-order valence-electron chi connectivity index (χ1n) is 20.8. The molecule has 6 aromatic carbocycles. The zero-order chi connectivity index (χ0) is 53.1. The van der Waals surface area contributed by atoms with Crippen molar-refractivity contribution in [3.63, 3.8) is 0 Å². The van der Waals surface area contributed by atoms with Crippen LogP contribution in [-0.4, -0.2) is 119 Å². The van der Waals surface area contributed by atoms with E-state index in [0.29, 0.717) is 0 Å². The Morgan fingerprint density at radius 2 is 0.694 bits per heavy atom. The van der Waals surface area contributed by atoms with Gasteiger partial charge < -0.3 is 89.0 Å². The number of ketones is 2. The Balaban J connectivity index is 0.000000267. The highest BCUT2D eigenvalue weighted by atomic mass is 16.6. The monoisotopic (exact) mass is 998 g/mol. The molecule has 0 aliphatic carbocycles. The Labute approximate surface area is 408 Å². The third kappa shape index (κ3) is 12.2. The number of phenolic OH excluding ortho intramolecular Hbond substituents is 8. The molecule has 0 fully saturated rings. The molecule has 22 heteroatoms. The van der Waals surface area contributed by atoms with Crippen molar-refractivity contribution in [2.45, 2.75) is 25.0 Å². The van der Waals surface area contributed by atoms with E-state index in [1.54, 1.807) is 0 Å². The first kappa shape index (κ1) is 53.4. The number of methoxy groups -OCH3 is 6. The van der Waals surface area contributed by atoms with Crippen molar-refractivity contribution in [2.24, 2.45) is 0 Å². The zero-order valence-corrected chi connectivity index (χ0v) is 38.9. The summed E-state index contributed by atoms with van der Waals surface area (Å²) in [5.74, 6) is -8.48. The van der Waals surface area contributed by atoms with Crippen LogP contribution in [0, 0.1) is 0 Å². The van der Waals surface area contributed by atoms with Crippen LogP contribution in [-0.2, 0) is 22.3 Å². The standard InChI is InChI=1S/2C25H24O11/c2*1-33-21-7-13(8-22(34-2)24(21)35-3)25(32)36-20(11-15-17(28)9-14(26)10-18(15)29)23(31)12-4-5-16(27)19(30)6-12/h2*4-10,20,26-30H,11H2,1-3H3/p-2/t2*20-/m11/s1. The van der Waals surface area contributed by atoms with E-state index >= 15 is 0 Å². The summed E-state index contributed by atoms with van der Waals surface area (Å²) in [6, 6.07) is 15.0. The molecule has 6 aromatic rings. The molecule has 0 spiro atoms. The molecule has 0 amide bonds. The van der Waals surface area contributed by atoms with E-state index in [1.165, 1.54) is 66.9 Å². The highest BCUT2D eigenvalue weighted by Gasteiger charge is 2.31. The summed E-state index contributed by atoms with van der Waals surface area (Å²) in [5.41, 5.74) is -0.833. The van der Waals surface area contributed by atoms with Crippen LogP contribution in [0.3, 0.4) is 0 Å². The summed E-state index contributed by atoms with van der Waals surface area (Å²) in [6.45, 7) is 0. The number of ether oxygens (including phenoxy) is 8. The number of Topliss-reactive ketones (excluding diaryl/α,β-unsaturated/α-hetero) is 2. The van der Waals surface area contributed by atoms with Crippen molar-refractivity contribution in [3.05, 3.63) is 118 Å². The molecule has 8 N–H and O–H groups in total. The smallest absolute Gasteiger partial charge is 0.339 e. The fourth-order valence-corrected chi connectivity index (χ4v) is 6.92. The van der Waals surface area contributed by atoms with Crippen LogP contribution >= 0.6 is 0 Å². The van der Waals surface area contributed by atoms with Crippen LogP contribution in [0.25, 0.3) is 0 Å². The predicted molar refractivity (Wildman–Crippen MR) is 245 cm³/mol. The Kier molecular flexibility index (Phi) is 17.1. The minimum atomic E-state index is -1.63. The van der Waals surface area contributed by atoms with Gasteiger partial charge in [-0.15, -0.1) is 0 Å². The summed E-state index contributed by atoms with van der Waals surface area (Å²) in [7, 11) is 8.16. The molecule has 0 saturated heterocycles. The predicted octanol–water partition coefficient (Wildman–Crippen LogP) is 4.52. The lowest BCUT2D eigenvalue weighted by Gasteiger charge is -2.20. The summed E-state index contributed by atoms with van der Waals surface area (Å²) in [4.78, 5) is 52.6. The van der Waals surface area contributed by atoms with Gasteiger partial charge in [0.15, 0.2) is 35.2 Å². The van der Waals surface area contributed by atoms with Gasteiger partial charge in [0.25, 0.3) is 0 Å². The van der Waals surface area contributed by atoms with Gasteiger partial charge in [0.1, 0.15) is 46.0 Å². The molecule has 380 valence electrons. The topological polar surface area (TPSA) is 350 Å². The number of benzene rings is 6. The van der Waals surface area contributed by atoms with Gasteiger partial charge in [-0.3, -0.25) is 9.59 Å². The van der Waals surface area contributed by atoms with Gasteiger partial charge >= 0.3 is 11.9 Å². The van der Waals surface area contributed by atoms with E-state index in [-0.39, 0.29) is 67.9 Å². The van der Waals surface area contributed by atoms with E-state index in [0.717, 1.165) is 60.7 Å². The second-order valence-corrected chi connectivity index (χ2v) is 15.0. The molecule has 0 unspecified atom stereocenters. The second kappa shape index (κ2) is 23.1. The molecule has 2 atom stereocenters. The van der Waals surface area contributed by atoms with E-state index in [4.69, 9.17) is 37.9 Å². The van der Waals surface area contributed by atoms with Crippen molar-refractivity contribution in [1.82, 2.24) is 0 Å². The minimum absolute atomic E-state index is 0.0702. The molecule has 0 aliphatic heterocycles. The van der Waals surface area contributed by atoms with Crippen LogP contribution in [0.4, 0.5) is 0 Å². The summed E-state index contributed by atoms with van der Waals surface area (Å²) in [5, 5.41) is 103. The third-order valence-electron chi connectivity index (χ3n) is 10.5. The average Bonchev–Trinajstić information content (AvgIpc) is 3.35. The molecule has 0 radical (unpaired) electrons. The lowest BCUT2D eigenvalue weighted by molar-refractivity contribution is -0.270. The largest absolute Gasteiger partial charge is 0.870 e. The van der Waals surface area contributed by atoms with Crippen molar-refractivity contribution in [3.8, 4) is 92.0 Å². The summed E-state index contributed by atoms with van der Waals surface area (Å²) in [6.07, 6.45) is -4.27. The van der Waals surface area contributed by atoms with Crippen LogP contribution < -0.4 is 38.6 Å². The normalized spacial score (nSPS) is 11.4. The van der Waals surface area contributed by atoms with Gasteiger partial charge in [0.2, 0.25) is 23.1 Å². The van der Waals surface area contributed by atoms with E-state index < -0.39 is 106 Å². The molecule has 0 bridgehead atoms. The lowest BCUT2D eigenvalue weighted by Crippen LogP contribution is -2.30. The fourth-order valence-electron chi connectivity index (χ4n) is 6.92. The maximum atomic E-state index is 13.2. The average molecular weight is 999 g/mol. The van der Waals surface area contributed by atoms with E-state index in [9.17, 15) is 70.2 Å². The Bertz CT molecular complexity index is 2700. The number of carbonyl (C=O) groups excluding carboxylic acids is 4. The third-order valence-corrected chi connectivity index (χ3v) is 10.5. The van der Waals surface area contributed by atoms with E-state index in [1.807, 2.05) is 0 Å². The molecule has 0 saturated carbocycles. The molecule has 0 heterocycles. The van der Waals surface area contributed by atoms with Crippen LogP contribution in [0.5, 0.6) is 92.0 Å². The van der Waals surface area contributed by atoms with Gasteiger partial charge in [-0.05, 0) is 36.4 Å². The highest BCUT2D eigenvalue weighted by molar-refractivity contribution is 6.03. The number of hydrogen-bond acceptors (Lipinski definition) is 22. The molecule has 0 aliphatic rings. The molecule has 22 nitrogen and oxygen atoms in total. The minimum Gasteiger partial charge on any atom is -0.870 e. The van der Waals surface area contributed by atoms with Gasteiger partial charge in [-0.2, -0.15) is 0 Å². The van der Waals surface area contributed by atoms with Gasteiger partial charge in [0, 0.05) is 59.4 Å². The van der Waals surface area contributed by atoms with Crippen LogP contribution in [0.1, 0.15) is 52.6 Å². The number of carbonyl (C=O) groups is 4. The Morgan fingerprint density at radius 3 is 0.944 bits per heavy atom. The quantitative estimate of drug-likeness (QED) is 0.0433. The van der Waals surface area contributed by atoms with Crippen LogP contribution in [0.2, 0.25) is 0 Å². The highest BCUT2D eigenvalue weighted by Crippen LogP contribution is 2.41. The maximum Gasteiger partial charge on any atom is 0.339 e. The first-order chi connectivity index (χ1) is 34.2. The zero-order valence-electron chi connectivity index (χ0n) is 38.9. The number of esters is 2. The lowest BCUT2D eigenvalue weighted by atomic mass is 9.98. The Morgan fingerprint density at radius 1 is 0.403 bits per heavy atom. The van der Waals surface area contributed by atoms with Gasteiger partial charge in [-0.25, -0.2) is 9.59 Å². The SMILES string of the molecule is COc1cc(C(=O)O[C@H](Cc2c(O)cc(O)cc2O)C(=O)c2ccc([O-])c(O)c2)cc(OC)c1OC.COc1cc(C(=O)O[C@H](Cc2c(O)cc(O)cc2O)C(=O)c2ccc([O-])c(O)c2)cc(OC)c1OC. The van der Waals surface area contributed by atoms with Crippen molar-refractivity contribution in [2.75, 3.05) is 42.7 Å². The van der Waals surface area contributed by atoms with Gasteiger partial charge in [-0.1, -0.05) is 35.8 Å². The maximum absolute atomic E-state index is 13.2. The number of phenols is 8. The van der Waals surface area contributed by atoms with Crippen molar-refractivity contribution < 1.29 is 108 Å². The molecule has 0 aromatic heterocycles. The first-order valence-corrected chi connectivity index (χ1v) is 20.8. The molecule has 6 rings (SSSR count). The number of hydrogen-bond donors (Lipinski definition) is 8. The van der Waals surface area contributed by atoms with Crippen molar-refractivity contribution >= 4 is 23.5 Å². The molecule has 72 heavy (non-hydrogen) atoms. The number of rotatable bonds is 18.